The number of carboxylic acids is 1. The number of carboxylic acid groups (broad SMARTS) is 1. The average Bonchev–Trinajstić information content (AvgIpc) is 2.73. The van der Waals surface area contributed by atoms with E-state index in [-0.39, 0.29) is 26.7 Å². The second-order valence-corrected chi connectivity index (χ2v) is 7.41. The fourth-order valence-electron chi connectivity index (χ4n) is 2.38. The molecule has 158 valence electrons. The molecule has 0 aliphatic rings. The number of rotatable bonds is 8. The van der Waals surface area contributed by atoms with Gasteiger partial charge in [0.1, 0.15) is 12.4 Å². The molecule has 5 nitrogen and oxygen atoms in total. The number of benzene rings is 2. The van der Waals surface area contributed by atoms with Gasteiger partial charge in [0.25, 0.3) is 5.91 Å². The van der Waals surface area contributed by atoms with Gasteiger partial charge in [0.2, 0.25) is 0 Å². The quantitative estimate of drug-likeness (QED) is 0.247. The van der Waals surface area contributed by atoms with E-state index in [1.54, 1.807) is 24.3 Å². The molecule has 9 heteroatoms. The Balaban J connectivity index is 2.38. The van der Waals surface area contributed by atoms with E-state index in [1.165, 1.54) is 0 Å². The first-order valence-corrected chi connectivity index (χ1v) is 10.2. The normalized spacial score (nSPS) is 11.6. The van der Waals surface area contributed by atoms with Gasteiger partial charge in [-0.15, -0.1) is 0 Å². The maximum atomic E-state index is 12.9. The molecule has 0 heterocycles. The fourth-order valence-corrected chi connectivity index (χ4v) is 3.40. The van der Waals surface area contributed by atoms with Gasteiger partial charge >= 0.3 is 5.97 Å². The van der Waals surface area contributed by atoms with Crippen LogP contribution in [0.3, 0.4) is 0 Å². The van der Waals surface area contributed by atoms with Gasteiger partial charge in [0.05, 0.1) is 36.9 Å². The molecule has 0 aromatic heterocycles. The van der Waals surface area contributed by atoms with E-state index in [0.717, 1.165) is 6.42 Å². The van der Waals surface area contributed by atoms with Gasteiger partial charge in [0, 0.05) is 0 Å². The molecule has 0 atom stereocenters. The lowest BCUT2D eigenvalue weighted by atomic mass is 10.1. The van der Waals surface area contributed by atoms with Crippen LogP contribution in [0.5, 0.6) is 5.75 Å². The highest BCUT2D eigenvalue weighted by atomic mass is 35.5. The second-order valence-electron chi connectivity index (χ2n) is 5.90. The third-order valence-electron chi connectivity index (χ3n) is 3.79. The van der Waals surface area contributed by atoms with Crippen molar-refractivity contribution in [2.75, 3.05) is 6.61 Å². The van der Waals surface area contributed by atoms with Crippen LogP contribution in [0.25, 0.3) is 0 Å². The summed E-state index contributed by atoms with van der Waals surface area (Å²) in [6.07, 6.45) is 6.04. The summed E-state index contributed by atoms with van der Waals surface area (Å²) in [5.41, 5.74) is -0.571. The lowest BCUT2D eigenvalue weighted by Gasteiger charge is -2.16. The minimum atomic E-state index is -1.47. The number of amides is 1. The van der Waals surface area contributed by atoms with Crippen molar-refractivity contribution in [1.82, 2.24) is 5.32 Å². The molecule has 0 saturated heterocycles. The number of hydrogen-bond donors (Lipinski definition) is 2. The Hall–Kier alpha value is -2.18. The molecule has 30 heavy (non-hydrogen) atoms. The van der Waals surface area contributed by atoms with Gasteiger partial charge in [-0.25, -0.2) is 4.79 Å². The maximum Gasteiger partial charge on any atom is 0.338 e. The molecule has 2 aromatic carbocycles. The summed E-state index contributed by atoms with van der Waals surface area (Å²) in [6, 6.07) is 8.99. The first-order valence-electron chi connectivity index (χ1n) is 8.72. The van der Waals surface area contributed by atoms with Crippen LogP contribution < -0.4 is 10.1 Å². The zero-order chi connectivity index (χ0) is 22.3. The number of carbonyl (C=O) groups is 2. The SMILES string of the molecule is CC/C=C\C=C(/COc1ccccc1)NC(=O)c1c(Cl)c(Cl)c(Cl)c(Cl)c1C(=O)O. The number of aromatic carboxylic acids is 1. The number of halogens is 4. The molecule has 1 amide bonds. The first kappa shape index (κ1) is 24.1. The Morgan fingerprint density at radius 3 is 2.17 bits per heavy atom. The van der Waals surface area contributed by atoms with Crippen LogP contribution in [0, 0.1) is 0 Å². The molecule has 0 saturated carbocycles. The van der Waals surface area contributed by atoms with Gasteiger partial charge in [-0.2, -0.15) is 0 Å². The third kappa shape index (κ3) is 5.92. The number of hydrogen-bond acceptors (Lipinski definition) is 3. The summed E-state index contributed by atoms with van der Waals surface area (Å²) < 4.78 is 5.67. The summed E-state index contributed by atoms with van der Waals surface area (Å²) in [4.78, 5) is 24.6. The molecule has 0 aliphatic heterocycles. The van der Waals surface area contributed by atoms with Gasteiger partial charge < -0.3 is 15.2 Å². The Bertz CT molecular complexity index is 1000. The van der Waals surface area contributed by atoms with Crippen LogP contribution in [0.1, 0.15) is 34.1 Å². The van der Waals surface area contributed by atoms with Crippen molar-refractivity contribution in [3.8, 4) is 5.75 Å². The predicted molar refractivity (Wildman–Crippen MR) is 120 cm³/mol. The van der Waals surface area contributed by atoms with Crippen molar-refractivity contribution in [3.63, 3.8) is 0 Å². The van der Waals surface area contributed by atoms with Crippen LogP contribution >= 0.6 is 46.4 Å². The van der Waals surface area contributed by atoms with Crippen molar-refractivity contribution in [1.29, 1.82) is 0 Å². The third-order valence-corrected chi connectivity index (χ3v) is 5.59. The molecule has 0 bridgehead atoms. The highest BCUT2D eigenvalue weighted by molar-refractivity contribution is 6.54. The maximum absolute atomic E-state index is 12.9. The second kappa shape index (κ2) is 11.3. The summed E-state index contributed by atoms with van der Waals surface area (Å²) in [5, 5.41) is 11.0. The van der Waals surface area contributed by atoms with Gasteiger partial charge in [-0.1, -0.05) is 83.7 Å². The van der Waals surface area contributed by atoms with Crippen LogP contribution in [0.15, 0.2) is 54.3 Å². The fraction of sp³-hybridized carbons (Fsp3) is 0.143. The molecule has 0 aliphatic carbocycles. The predicted octanol–water partition coefficient (Wildman–Crippen LogP) is 6.66. The molecule has 2 rings (SSSR count). The Morgan fingerprint density at radius 2 is 1.60 bits per heavy atom. The van der Waals surface area contributed by atoms with Crippen molar-refractivity contribution < 1.29 is 19.4 Å². The minimum absolute atomic E-state index is 0.0128. The molecule has 0 unspecified atom stereocenters. The van der Waals surface area contributed by atoms with Crippen LogP contribution in [0.2, 0.25) is 20.1 Å². The molecular formula is C21H17Cl4NO4. The smallest absolute Gasteiger partial charge is 0.338 e. The molecule has 0 spiro atoms. The number of para-hydroxylation sites is 1. The van der Waals surface area contributed by atoms with Gasteiger partial charge in [-0.05, 0) is 24.6 Å². The number of allylic oxidation sites excluding steroid dienone is 3. The van der Waals surface area contributed by atoms with Crippen LogP contribution in [-0.2, 0) is 0 Å². The summed E-state index contributed by atoms with van der Waals surface area (Å²) in [6.45, 7) is 1.97. The van der Waals surface area contributed by atoms with E-state index in [0.29, 0.717) is 11.4 Å². The lowest BCUT2D eigenvalue weighted by molar-refractivity contribution is 0.0691. The number of nitrogens with one attached hydrogen (secondary N) is 1. The average molecular weight is 489 g/mol. The van der Waals surface area contributed by atoms with Gasteiger partial charge in [0.15, 0.2) is 0 Å². The highest BCUT2D eigenvalue weighted by Gasteiger charge is 2.29. The standard InChI is InChI=1S/C21H17Cl4NO4/c1-2-3-5-8-12(11-30-13-9-6-4-7-10-13)26-20(27)14-15(21(28)29)17(23)19(25)18(24)16(14)22/h3-10H,2,11H2,1H3,(H,26,27)(H,28,29)/b5-3-,12-8+. The van der Waals surface area contributed by atoms with Crippen LogP contribution in [-0.4, -0.2) is 23.6 Å². The van der Waals surface area contributed by atoms with E-state index < -0.39 is 23.0 Å². The highest BCUT2D eigenvalue weighted by Crippen LogP contribution is 2.41. The molecule has 2 N–H and O–H groups in total. The van der Waals surface area contributed by atoms with E-state index in [1.807, 2.05) is 31.2 Å². The Morgan fingerprint density at radius 1 is 1.00 bits per heavy atom. The largest absolute Gasteiger partial charge is 0.487 e. The first-order chi connectivity index (χ1) is 14.3. The topological polar surface area (TPSA) is 75.6 Å². The van der Waals surface area contributed by atoms with Crippen molar-refractivity contribution in [3.05, 3.63) is 85.5 Å². The van der Waals surface area contributed by atoms with Gasteiger partial charge in [-0.3, -0.25) is 4.79 Å². The summed E-state index contributed by atoms with van der Waals surface area (Å²) in [5.74, 6) is -1.69. The molecule has 2 aromatic rings. The van der Waals surface area contributed by atoms with Crippen molar-refractivity contribution in [2.24, 2.45) is 0 Å². The number of ether oxygens (including phenoxy) is 1. The zero-order valence-electron chi connectivity index (χ0n) is 15.7. The van der Waals surface area contributed by atoms with Crippen molar-refractivity contribution >= 4 is 58.3 Å². The monoisotopic (exact) mass is 487 g/mol. The summed E-state index contributed by atoms with van der Waals surface area (Å²) in [7, 11) is 0. The molecule has 0 fully saturated rings. The Kier molecular flexibility index (Phi) is 9.06. The molecule has 0 radical (unpaired) electrons. The summed E-state index contributed by atoms with van der Waals surface area (Å²) >= 11 is 24.1. The van der Waals surface area contributed by atoms with Crippen LogP contribution in [0.4, 0.5) is 0 Å². The van der Waals surface area contributed by atoms with Crippen molar-refractivity contribution in [2.45, 2.75) is 13.3 Å². The van der Waals surface area contributed by atoms with E-state index >= 15 is 0 Å². The molecular weight excluding hydrogens is 472 g/mol. The Labute approximate surface area is 193 Å². The van der Waals surface area contributed by atoms with E-state index in [2.05, 4.69) is 5.32 Å². The zero-order valence-corrected chi connectivity index (χ0v) is 18.7. The van der Waals surface area contributed by atoms with E-state index in [4.69, 9.17) is 51.1 Å². The number of carbonyl (C=O) groups excluding carboxylic acids is 1. The van der Waals surface area contributed by atoms with E-state index in [9.17, 15) is 14.7 Å². The lowest BCUT2D eigenvalue weighted by Crippen LogP contribution is -2.28. The minimum Gasteiger partial charge on any atom is -0.487 e.